The molecule has 0 aromatic heterocycles. The van der Waals surface area contributed by atoms with Crippen LogP contribution in [0, 0.1) is 6.92 Å². The van der Waals surface area contributed by atoms with Gasteiger partial charge in [-0.05, 0) is 26.0 Å². The first-order valence-corrected chi connectivity index (χ1v) is 7.37. The highest BCUT2D eigenvalue weighted by Gasteiger charge is 2.30. The SMILES string of the molecule is Cc1ccc(OCCN(C)C(=O)[C@H]2NCCO[C@@H]2C)cc1.Cl. The van der Waals surface area contributed by atoms with E-state index >= 15 is 0 Å². The largest absolute Gasteiger partial charge is 0.492 e. The van der Waals surface area contributed by atoms with Gasteiger partial charge in [0.2, 0.25) is 5.91 Å². The van der Waals surface area contributed by atoms with E-state index in [9.17, 15) is 4.79 Å². The Bertz CT molecular complexity index is 467. The van der Waals surface area contributed by atoms with Gasteiger partial charge in [-0.25, -0.2) is 0 Å². The van der Waals surface area contributed by atoms with Crippen molar-refractivity contribution < 1.29 is 14.3 Å². The summed E-state index contributed by atoms with van der Waals surface area (Å²) in [6, 6.07) is 7.64. The van der Waals surface area contributed by atoms with Gasteiger partial charge in [-0.15, -0.1) is 12.4 Å². The summed E-state index contributed by atoms with van der Waals surface area (Å²) in [5.74, 6) is 0.878. The van der Waals surface area contributed by atoms with Crippen LogP contribution in [0.3, 0.4) is 0 Å². The van der Waals surface area contributed by atoms with Crippen molar-refractivity contribution in [2.75, 3.05) is 33.4 Å². The minimum Gasteiger partial charge on any atom is -0.492 e. The molecule has 124 valence electrons. The van der Waals surface area contributed by atoms with Gasteiger partial charge in [0, 0.05) is 13.6 Å². The van der Waals surface area contributed by atoms with Crippen LogP contribution in [0.25, 0.3) is 0 Å². The molecule has 0 unspecified atom stereocenters. The molecule has 1 aromatic carbocycles. The van der Waals surface area contributed by atoms with Crippen molar-refractivity contribution >= 4 is 18.3 Å². The Morgan fingerprint density at radius 1 is 1.41 bits per heavy atom. The van der Waals surface area contributed by atoms with Crippen molar-refractivity contribution in [1.82, 2.24) is 10.2 Å². The summed E-state index contributed by atoms with van der Waals surface area (Å²) in [5.41, 5.74) is 1.20. The molecule has 2 rings (SSSR count). The molecule has 5 nitrogen and oxygen atoms in total. The molecule has 2 atom stereocenters. The van der Waals surface area contributed by atoms with Crippen LogP contribution in [0.4, 0.5) is 0 Å². The van der Waals surface area contributed by atoms with Gasteiger partial charge in [-0.3, -0.25) is 4.79 Å². The lowest BCUT2D eigenvalue weighted by molar-refractivity contribution is -0.138. The van der Waals surface area contributed by atoms with Crippen molar-refractivity contribution in [1.29, 1.82) is 0 Å². The first kappa shape index (κ1) is 18.7. The number of carbonyl (C=O) groups excluding carboxylic acids is 1. The van der Waals surface area contributed by atoms with Crippen LogP contribution in [0.1, 0.15) is 12.5 Å². The topological polar surface area (TPSA) is 50.8 Å². The fourth-order valence-corrected chi connectivity index (χ4v) is 2.29. The summed E-state index contributed by atoms with van der Waals surface area (Å²) in [6.45, 7) is 6.37. The maximum atomic E-state index is 12.3. The van der Waals surface area contributed by atoms with Crippen molar-refractivity contribution in [2.24, 2.45) is 0 Å². The molecule has 0 radical (unpaired) electrons. The lowest BCUT2D eigenvalue weighted by Gasteiger charge is -2.32. The first-order chi connectivity index (χ1) is 10.1. The van der Waals surface area contributed by atoms with E-state index in [0.29, 0.717) is 26.3 Å². The van der Waals surface area contributed by atoms with Gasteiger partial charge < -0.3 is 19.7 Å². The Balaban J connectivity index is 0.00000242. The van der Waals surface area contributed by atoms with Gasteiger partial charge in [0.05, 0.1) is 19.3 Å². The highest BCUT2D eigenvalue weighted by molar-refractivity contribution is 5.85. The lowest BCUT2D eigenvalue weighted by Crippen LogP contribution is -2.56. The zero-order chi connectivity index (χ0) is 15.2. The summed E-state index contributed by atoms with van der Waals surface area (Å²) < 4.78 is 11.2. The normalized spacial score (nSPS) is 20.9. The first-order valence-electron chi connectivity index (χ1n) is 7.37. The summed E-state index contributed by atoms with van der Waals surface area (Å²) in [5, 5.41) is 3.21. The third-order valence-corrected chi connectivity index (χ3v) is 3.68. The minimum atomic E-state index is -0.261. The van der Waals surface area contributed by atoms with Crippen molar-refractivity contribution in [3.05, 3.63) is 29.8 Å². The van der Waals surface area contributed by atoms with Gasteiger partial charge in [0.15, 0.2) is 0 Å². The van der Waals surface area contributed by atoms with E-state index in [-0.39, 0.29) is 30.5 Å². The average Bonchev–Trinajstić information content (AvgIpc) is 2.49. The quantitative estimate of drug-likeness (QED) is 0.892. The Morgan fingerprint density at radius 2 is 2.09 bits per heavy atom. The molecule has 1 aromatic rings. The van der Waals surface area contributed by atoms with Gasteiger partial charge in [-0.2, -0.15) is 0 Å². The molecule has 0 saturated carbocycles. The second-order valence-corrected chi connectivity index (χ2v) is 5.43. The van der Waals surface area contributed by atoms with E-state index in [4.69, 9.17) is 9.47 Å². The maximum Gasteiger partial charge on any atom is 0.242 e. The zero-order valence-electron chi connectivity index (χ0n) is 13.4. The van der Waals surface area contributed by atoms with Gasteiger partial charge in [0.25, 0.3) is 0 Å². The van der Waals surface area contributed by atoms with Crippen molar-refractivity contribution in [3.63, 3.8) is 0 Å². The third kappa shape index (κ3) is 5.16. The number of nitrogens with one attached hydrogen (secondary N) is 1. The number of rotatable bonds is 5. The van der Waals surface area contributed by atoms with Crippen LogP contribution in [0.15, 0.2) is 24.3 Å². The number of amides is 1. The highest BCUT2D eigenvalue weighted by atomic mass is 35.5. The van der Waals surface area contributed by atoms with E-state index in [2.05, 4.69) is 5.32 Å². The molecule has 1 amide bonds. The molecule has 6 heteroatoms. The van der Waals surface area contributed by atoms with Crippen LogP contribution in [-0.4, -0.2) is 56.3 Å². The molecule has 1 N–H and O–H groups in total. The number of hydrogen-bond donors (Lipinski definition) is 1. The molecule has 1 aliphatic heterocycles. The van der Waals surface area contributed by atoms with Crippen molar-refractivity contribution in [2.45, 2.75) is 26.0 Å². The summed E-state index contributed by atoms with van der Waals surface area (Å²) >= 11 is 0. The molecular weight excluding hydrogens is 304 g/mol. The number of hydrogen-bond acceptors (Lipinski definition) is 4. The third-order valence-electron chi connectivity index (χ3n) is 3.68. The maximum absolute atomic E-state index is 12.3. The summed E-state index contributed by atoms with van der Waals surface area (Å²) in [4.78, 5) is 14.0. The zero-order valence-corrected chi connectivity index (χ0v) is 14.2. The molecule has 1 aliphatic rings. The minimum absolute atomic E-state index is 0. The van der Waals surface area contributed by atoms with Crippen LogP contribution in [0.5, 0.6) is 5.75 Å². The number of ether oxygens (including phenoxy) is 2. The van der Waals surface area contributed by atoms with Crippen LogP contribution in [0.2, 0.25) is 0 Å². The molecule has 1 heterocycles. The Hall–Kier alpha value is -1.30. The molecular formula is C16H25ClN2O3. The number of aryl methyl sites for hydroxylation is 1. The van der Waals surface area contributed by atoms with E-state index in [1.165, 1.54) is 5.56 Å². The number of carbonyl (C=O) groups is 1. The van der Waals surface area contributed by atoms with Crippen LogP contribution >= 0.6 is 12.4 Å². The second-order valence-electron chi connectivity index (χ2n) is 5.43. The Morgan fingerprint density at radius 3 is 2.73 bits per heavy atom. The van der Waals surface area contributed by atoms with E-state index in [0.717, 1.165) is 5.75 Å². The van der Waals surface area contributed by atoms with Crippen molar-refractivity contribution in [3.8, 4) is 5.75 Å². The number of nitrogens with zero attached hydrogens (tertiary/aromatic N) is 1. The second kappa shape index (κ2) is 8.98. The van der Waals surface area contributed by atoms with Crippen LogP contribution in [-0.2, 0) is 9.53 Å². The van der Waals surface area contributed by atoms with E-state index in [1.54, 1.807) is 11.9 Å². The molecule has 0 aliphatic carbocycles. The number of likely N-dealkylation sites (N-methyl/N-ethyl adjacent to an activating group) is 1. The fraction of sp³-hybridized carbons (Fsp3) is 0.562. The fourth-order valence-electron chi connectivity index (χ4n) is 2.29. The number of halogens is 1. The molecule has 0 spiro atoms. The number of morpholine rings is 1. The predicted octanol–water partition coefficient (Wildman–Crippen LogP) is 1.63. The summed E-state index contributed by atoms with van der Waals surface area (Å²) in [7, 11) is 1.80. The lowest BCUT2D eigenvalue weighted by atomic mass is 10.1. The number of benzene rings is 1. The highest BCUT2D eigenvalue weighted by Crippen LogP contribution is 2.11. The van der Waals surface area contributed by atoms with Crippen LogP contribution < -0.4 is 10.1 Å². The van der Waals surface area contributed by atoms with Gasteiger partial charge in [0.1, 0.15) is 18.4 Å². The van der Waals surface area contributed by atoms with E-state index < -0.39 is 0 Å². The monoisotopic (exact) mass is 328 g/mol. The van der Waals surface area contributed by atoms with Gasteiger partial charge in [-0.1, -0.05) is 17.7 Å². The summed E-state index contributed by atoms with van der Waals surface area (Å²) in [6.07, 6.45) is -0.0910. The molecule has 1 fully saturated rings. The molecule has 1 saturated heterocycles. The predicted molar refractivity (Wildman–Crippen MR) is 88.8 cm³/mol. The smallest absolute Gasteiger partial charge is 0.242 e. The Labute approximate surface area is 138 Å². The molecule has 22 heavy (non-hydrogen) atoms. The Kier molecular flexibility index (Phi) is 7.65. The van der Waals surface area contributed by atoms with E-state index in [1.807, 2.05) is 38.1 Å². The molecule has 0 bridgehead atoms. The standard InChI is InChI=1S/C16H24N2O3.ClH/c1-12-4-6-14(7-5-12)21-11-9-18(3)16(19)15-13(2)20-10-8-17-15;/h4-7,13,15,17H,8-11H2,1-3H3;1H/t13-,15+;/m1./s1. The van der Waals surface area contributed by atoms with Gasteiger partial charge >= 0.3 is 0 Å². The average molecular weight is 329 g/mol.